The smallest absolute Gasteiger partial charge is 0.322 e. The molecule has 8 heteroatoms. The summed E-state index contributed by atoms with van der Waals surface area (Å²) in [4.78, 5) is 13.2. The second kappa shape index (κ2) is 5.83. The molecule has 3 rings (SSSR count). The van der Waals surface area contributed by atoms with E-state index in [1.54, 1.807) is 12.4 Å². The first-order valence-electron chi connectivity index (χ1n) is 7.50. The van der Waals surface area contributed by atoms with E-state index in [-0.39, 0.29) is 13.2 Å². The van der Waals surface area contributed by atoms with Gasteiger partial charge in [0.25, 0.3) is 5.92 Å². The zero-order valence-corrected chi connectivity index (χ0v) is 12.5. The van der Waals surface area contributed by atoms with Gasteiger partial charge in [0.2, 0.25) is 0 Å². The van der Waals surface area contributed by atoms with Gasteiger partial charge in [0.05, 0.1) is 31.1 Å². The van der Waals surface area contributed by atoms with Gasteiger partial charge in [-0.05, 0) is 25.7 Å². The fraction of sp³-hybridized carbons (Fsp3) is 0.714. The molecule has 22 heavy (non-hydrogen) atoms. The van der Waals surface area contributed by atoms with E-state index in [4.69, 9.17) is 4.74 Å². The minimum atomic E-state index is -3.02. The lowest BCUT2D eigenvalue weighted by Crippen LogP contribution is -2.43. The lowest BCUT2D eigenvalue weighted by molar-refractivity contribution is -0.0648. The van der Waals surface area contributed by atoms with Gasteiger partial charge in [-0.15, -0.1) is 0 Å². The number of urea groups is 1. The molecule has 2 amide bonds. The summed E-state index contributed by atoms with van der Waals surface area (Å²) in [5.74, 6) is -2.37. The summed E-state index contributed by atoms with van der Waals surface area (Å²) in [6.07, 6.45) is 5.69. The number of alkyl halides is 2. The number of ether oxygens (including phenoxy) is 1. The van der Waals surface area contributed by atoms with Crippen molar-refractivity contribution in [2.75, 3.05) is 31.6 Å². The molecule has 0 aromatic carbocycles. The van der Waals surface area contributed by atoms with Crippen LogP contribution in [0, 0.1) is 5.92 Å². The number of hydrogen-bond acceptors (Lipinski definition) is 3. The Hall–Kier alpha value is -1.70. The first-order chi connectivity index (χ1) is 10.4. The van der Waals surface area contributed by atoms with Crippen LogP contribution < -0.4 is 5.32 Å². The van der Waals surface area contributed by atoms with Crippen molar-refractivity contribution in [2.45, 2.75) is 31.7 Å². The third-order valence-electron chi connectivity index (χ3n) is 4.10. The van der Waals surface area contributed by atoms with Crippen molar-refractivity contribution in [3.8, 4) is 0 Å². The minimum Gasteiger partial charge on any atom is -0.373 e. The highest BCUT2D eigenvalue weighted by Gasteiger charge is 2.36. The molecule has 1 atom stereocenters. The lowest BCUT2D eigenvalue weighted by atomic mass is 10.2. The van der Waals surface area contributed by atoms with Gasteiger partial charge in [0.15, 0.2) is 0 Å². The van der Waals surface area contributed by atoms with Crippen molar-refractivity contribution < 1.29 is 18.3 Å². The maximum atomic E-state index is 13.5. The zero-order chi connectivity index (χ0) is 15.7. The average Bonchev–Trinajstić information content (AvgIpc) is 3.23. The van der Waals surface area contributed by atoms with E-state index in [1.807, 2.05) is 4.68 Å². The van der Waals surface area contributed by atoms with Crippen LogP contribution in [0.4, 0.5) is 19.3 Å². The second-order valence-electron chi connectivity index (χ2n) is 6.05. The lowest BCUT2D eigenvalue weighted by Gasteiger charge is -2.23. The van der Waals surface area contributed by atoms with Crippen molar-refractivity contribution in [1.29, 1.82) is 0 Å². The predicted octanol–water partition coefficient (Wildman–Crippen LogP) is 2.35. The van der Waals surface area contributed by atoms with Gasteiger partial charge < -0.3 is 15.0 Å². The van der Waals surface area contributed by atoms with Crippen molar-refractivity contribution in [1.82, 2.24) is 14.7 Å². The highest BCUT2D eigenvalue weighted by atomic mass is 19.3. The van der Waals surface area contributed by atoms with Crippen LogP contribution in [0.1, 0.15) is 25.8 Å². The third-order valence-corrected chi connectivity index (χ3v) is 4.10. The average molecular weight is 314 g/mol. The molecule has 0 bridgehead atoms. The molecule has 2 aliphatic rings. The van der Waals surface area contributed by atoms with Gasteiger partial charge in [-0.1, -0.05) is 0 Å². The Morgan fingerprint density at radius 2 is 2.32 bits per heavy atom. The largest absolute Gasteiger partial charge is 0.373 e. The summed E-state index contributed by atoms with van der Waals surface area (Å²) in [5.41, 5.74) is 0.519. The number of nitrogens with one attached hydrogen (secondary N) is 1. The Labute approximate surface area is 127 Å². The van der Waals surface area contributed by atoms with Gasteiger partial charge in [0, 0.05) is 12.7 Å². The monoisotopic (exact) mass is 314 g/mol. The number of hydrogen-bond donors (Lipinski definition) is 1. The van der Waals surface area contributed by atoms with E-state index < -0.39 is 25.1 Å². The van der Waals surface area contributed by atoms with E-state index in [0.29, 0.717) is 17.6 Å². The van der Waals surface area contributed by atoms with Gasteiger partial charge in [-0.25, -0.2) is 13.6 Å². The van der Waals surface area contributed by atoms with Crippen LogP contribution in [0.5, 0.6) is 0 Å². The Bertz CT molecular complexity index is 545. The summed E-state index contributed by atoms with van der Waals surface area (Å²) in [6, 6.07) is -0.259. The molecule has 1 saturated heterocycles. The fourth-order valence-electron chi connectivity index (χ4n) is 2.60. The SMILES string of the molecule is CC(C1CC1)n1cc(NC(=O)N2CCOCC(F)(F)C2)cn1. The van der Waals surface area contributed by atoms with Gasteiger partial charge in [-0.2, -0.15) is 5.10 Å². The van der Waals surface area contributed by atoms with Crippen LogP contribution in [-0.2, 0) is 4.74 Å². The molecule has 1 aromatic rings. The Morgan fingerprint density at radius 3 is 3.05 bits per heavy atom. The number of nitrogens with zero attached hydrogens (tertiary/aromatic N) is 3. The molecule has 2 heterocycles. The van der Waals surface area contributed by atoms with Crippen LogP contribution in [0.25, 0.3) is 0 Å². The molecule has 1 aromatic heterocycles. The van der Waals surface area contributed by atoms with Crippen LogP contribution in [0.3, 0.4) is 0 Å². The molecule has 1 unspecified atom stereocenters. The summed E-state index contributed by atoms with van der Waals surface area (Å²) in [7, 11) is 0. The Balaban J connectivity index is 1.61. The minimum absolute atomic E-state index is 0.112. The quantitative estimate of drug-likeness (QED) is 0.931. The molecule has 1 N–H and O–H groups in total. The zero-order valence-electron chi connectivity index (χ0n) is 12.5. The van der Waals surface area contributed by atoms with E-state index >= 15 is 0 Å². The number of rotatable bonds is 3. The summed E-state index contributed by atoms with van der Waals surface area (Å²) < 4.78 is 33.5. The molecule has 1 saturated carbocycles. The van der Waals surface area contributed by atoms with E-state index in [1.165, 1.54) is 12.8 Å². The van der Waals surface area contributed by atoms with Crippen LogP contribution in [0.15, 0.2) is 12.4 Å². The van der Waals surface area contributed by atoms with Crippen molar-refractivity contribution in [2.24, 2.45) is 5.92 Å². The van der Waals surface area contributed by atoms with Crippen molar-refractivity contribution >= 4 is 11.7 Å². The first-order valence-corrected chi connectivity index (χ1v) is 7.50. The van der Waals surface area contributed by atoms with Crippen LogP contribution in [0.2, 0.25) is 0 Å². The number of aromatic nitrogens is 2. The van der Waals surface area contributed by atoms with Crippen molar-refractivity contribution in [3.05, 3.63) is 12.4 Å². The molecule has 0 radical (unpaired) electrons. The third kappa shape index (κ3) is 3.55. The number of carbonyl (C=O) groups is 1. The molecule has 1 aliphatic heterocycles. The number of carbonyl (C=O) groups excluding carboxylic acids is 1. The summed E-state index contributed by atoms with van der Waals surface area (Å²) in [5, 5.41) is 6.86. The molecule has 2 fully saturated rings. The highest BCUT2D eigenvalue weighted by Crippen LogP contribution is 2.39. The van der Waals surface area contributed by atoms with Crippen LogP contribution in [-0.4, -0.2) is 52.9 Å². The summed E-state index contributed by atoms with van der Waals surface area (Å²) >= 11 is 0. The van der Waals surface area contributed by atoms with E-state index in [9.17, 15) is 13.6 Å². The van der Waals surface area contributed by atoms with Gasteiger partial charge in [-0.3, -0.25) is 4.68 Å². The molecular weight excluding hydrogens is 294 g/mol. The van der Waals surface area contributed by atoms with Crippen LogP contribution >= 0.6 is 0 Å². The summed E-state index contributed by atoms with van der Waals surface area (Å²) in [6.45, 7) is 1.07. The predicted molar refractivity (Wildman–Crippen MR) is 76.0 cm³/mol. The van der Waals surface area contributed by atoms with Gasteiger partial charge >= 0.3 is 6.03 Å². The molecule has 1 aliphatic carbocycles. The number of halogens is 2. The second-order valence-corrected chi connectivity index (χ2v) is 6.05. The Morgan fingerprint density at radius 1 is 1.55 bits per heavy atom. The van der Waals surface area contributed by atoms with Crippen molar-refractivity contribution in [3.63, 3.8) is 0 Å². The molecular formula is C14H20F2N4O2. The molecule has 122 valence electrons. The highest BCUT2D eigenvalue weighted by molar-refractivity contribution is 5.89. The topological polar surface area (TPSA) is 59.4 Å². The molecule has 6 nitrogen and oxygen atoms in total. The first kappa shape index (κ1) is 15.2. The number of anilines is 1. The van der Waals surface area contributed by atoms with Gasteiger partial charge in [0.1, 0.15) is 6.61 Å². The maximum absolute atomic E-state index is 13.5. The fourth-order valence-corrected chi connectivity index (χ4v) is 2.60. The van der Waals surface area contributed by atoms with E-state index in [0.717, 1.165) is 4.90 Å². The van der Waals surface area contributed by atoms with E-state index in [2.05, 4.69) is 17.3 Å². The maximum Gasteiger partial charge on any atom is 0.322 e. The standard InChI is InChI=1S/C14H20F2N4O2/c1-10(11-2-3-11)20-7-12(6-17-20)18-13(21)19-4-5-22-9-14(15,16)8-19/h6-7,10-11H,2-5,8-9H2,1H3,(H,18,21). The Kier molecular flexibility index (Phi) is 4.03. The normalized spacial score (nSPS) is 23.0. The number of amides is 2. The molecule has 0 spiro atoms.